The summed E-state index contributed by atoms with van der Waals surface area (Å²) in [6.07, 6.45) is 0.516. The fourth-order valence-electron chi connectivity index (χ4n) is 0.929. The van der Waals surface area contributed by atoms with E-state index in [9.17, 15) is 4.79 Å². The van der Waals surface area contributed by atoms with Crippen LogP contribution in [0.5, 0.6) is 5.75 Å². The summed E-state index contributed by atoms with van der Waals surface area (Å²) in [6, 6.07) is 6.96. The van der Waals surface area contributed by atoms with Crippen LogP contribution in [0.25, 0.3) is 0 Å². The first-order valence-electron chi connectivity index (χ1n) is 4.35. The molecule has 0 aliphatic heterocycles. The third-order valence-electron chi connectivity index (χ3n) is 1.71. The monoisotopic (exact) mass is 211 g/mol. The maximum Gasteiger partial charge on any atom is 0.220 e. The molecular formula is C10H13NO2S. The lowest BCUT2D eigenvalue weighted by molar-refractivity contribution is -0.120. The number of carbonyl (C=O) groups is 1. The van der Waals surface area contributed by atoms with Crippen LogP contribution in [-0.2, 0) is 4.79 Å². The Kier molecular flexibility index (Phi) is 4.32. The summed E-state index contributed by atoms with van der Waals surface area (Å²) in [5.41, 5.74) is 0. The van der Waals surface area contributed by atoms with E-state index in [4.69, 9.17) is 5.11 Å². The fourth-order valence-corrected chi connectivity index (χ4v) is 1.78. The second-order valence-corrected chi connectivity index (χ2v) is 3.93. The zero-order valence-corrected chi connectivity index (χ0v) is 8.80. The van der Waals surface area contributed by atoms with Crippen LogP contribution >= 0.6 is 11.8 Å². The van der Waals surface area contributed by atoms with E-state index in [1.165, 1.54) is 0 Å². The van der Waals surface area contributed by atoms with Crippen LogP contribution < -0.4 is 5.32 Å². The highest BCUT2D eigenvalue weighted by Crippen LogP contribution is 2.20. The molecule has 0 unspecified atom stereocenters. The van der Waals surface area contributed by atoms with Gasteiger partial charge in [0.15, 0.2) is 0 Å². The lowest BCUT2D eigenvalue weighted by atomic mass is 10.3. The molecule has 0 aliphatic rings. The Labute approximate surface area is 87.5 Å². The highest BCUT2D eigenvalue weighted by atomic mass is 32.2. The van der Waals surface area contributed by atoms with Crippen molar-refractivity contribution < 1.29 is 9.90 Å². The number of phenolic OH excluding ortho intramolecular Hbond substituents is 1. The molecule has 1 aromatic carbocycles. The molecule has 0 aliphatic carbocycles. The van der Waals surface area contributed by atoms with E-state index in [0.29, 0.717) is 6.42 Å². The fraction of sp³-hybridized carbons (Fsp3) is 0.300. The molecule has 0 aromatic heterocycles. The topological polar surface area (TPSA) is 49.3 Å². The van der Waals surface area contributed by atoms with Crippen molar-refractivity contribution in [3.8, 4) is 5.75 Å². The van der Waals surface area contributed by atoms with Crippen molar-refractivity contribution in [2.24, 2.45) is 0 Å². The van der Waals surface area contributed by atoms with E-state index in [2.05, 4.69) is 5.32 Å². The highest BCUT2D eigenvalue weighted by Gasteiger charge is 1.98. The minimum absolute atomic E-state index is 0.0521. The van der Waals surface area contributed by atoms with Gasteiger partial charge in [-0.3, -0.25) is 4.79 Å². The minimum atomic E-state index is 0.0521. The third-order valence-corrected chi connectivity index (χ3v) is 2.73. The predicted octanol–water partition coefficient (Wildman–Crippen LogP) is 1.62. The molecule has 4 heteroatoms. The molecule has 0 heterocycles. The van der Waals surface area contributed by atoms with E-state index < -0.39 is 0 Å². The third kappa shape index (κ3) is 3.70. The highest BCUT2D eigenvalue weighted by molar-refractivity contribution is 7.99. The van der Waals surface area contributed by atoms with Gasteiger partial charge in [-0.15, -0.1) is 11.8 Å². The molecule has 14 heavy (non-hydrogen) atoms. The van der Waals surface area contributed by atoms with E-state index in [1.54, 1.807) is 30.9 Å². The summed E-state index contributed by atoms with van der Waals surface area (Å²) in [6.45, 7) is 0. The molecule has 0 saturated heterocycles. The van der Waals surface area contributed by atoms with Crippen molar-refractivity contribution in [1.29, 1.82) is 0 Å². The summed E-state index contributed by atoms with van der Waals surface area (Å²) < 4.78 is 0. The van der Waals surface area contributed by atoms with Gasteiger partial charge >= 0.3 is 0 Å². The molecule has 0 spiro atoms. The van der Waals surface area contributed by atoms with Gasteiger partial charge < -0.3 is 10.4 Å². The van der Waals surface area contributed by atoms with Crippen molar-refractivity contribution in [2.45, 2.75) is 11.3 Å². The average molecular weight is 211 g/mol. The van der Waals surface area contributed by atoms with Crippen LogP contribution in [0.15, 0.2) is 29.2 Å². The van der Waals surface area contributed by atoms with Crippen LogP contribution in [0.2, 0.25) is 0 Å². The van der Waals surface area contributed by atoms with E-state index in [1.807, 2.05) is 12.1 Å². The maximum atomic E-state index is 10.9. The Morgan fingerprint density at radius 2 is 2.07 bits per heavy atom. The molecule has 0 radical (unpaired) electrons. The maximum absolute atomic E-state index is 10.9. The average Bonchev–Trinajstić information content (AvgIpc) is 2.21. The van der Waals surface area contributed by atoms with Crippen LogP contribution in [-0.4, -0.2) is 23.8 Å². The Morgan fingerprint density at radius 1 is 1.43 bits per heavy atom. The standard InChI is InChI=1S/C10H13NO2S/c1-11-10(13)6-7-14-9-4-2-8(12)3-5-9/h2-5,12H,6-7H2,1H3,(H,11,13). The summed E-state index contributed by atoms with van der Waals surface area (Å²) in [7, 11) is 1.63. The van der Waals surface area contributed by atoms with Gasteiger partial charge in [0.05, 0.1) is 0 Å². The van der Waals surface area contributed by atoms with Gasteiger partial charge in [0, 0.05) is 24.1 Å². The van der Waals surface area contributed by atoms with Gasteiger partial charge in [0.25, 0.3) is 0 Å². The molecule has 1 rings (SSSR count). The smallest absolute Gasteiger partial charge is 0.220 e. The van der Waals surface area contributed by atoms with Gasteiger partial charge in [-0.1, -0.05) is 0 Å². The lowest BCUT2D eigenvalue weighted by Crippen LogP contribution is -2.17. The Morgan fingerprint density at radius 3 is 2.64 bits per heavy atom. The first-order valence-corrected chi connectivity index (χ1v) is 5.33. The Bertz CT molecular complexity index is 297. The van der Waals surface area contributed by atoms with Gasteiger partial charge in [-0.05, 0) is 24.3 Å². The molecule has 3 nitrogen and oxygen atoms in total. The number of amides is 1. The largest absolute Gasteiger partial charge is 0.508 e. The second kappa shape index (κ2) is 5.54. The van der Waals surface area contributed by atoms with Crippen LogP contribution in [0.4, 0.5) is 0 Å². The van der Waals surface area contributed by atoms with Crippen molar-refractivity contribution in [1.82, 2.24) is 5.32 Å². The molecule has 2 N–H and O–H groups in total. The minimum Gasteiger partial charge on any atom is -0.508 e. The summed E-state index contributed by atoms with van der Waals surface area (Å²) >= 11 is 1.60. The van der Waals surface area contributed by atoms with Crippen molar-refractivity contribution >= 4 is 17.7 Å². The van der Waals surface area contributed by atoms with Crippen LogP contribution in [0, 0.1) is 0 Å². The molecule has 1 aromatic rings. The number of rotatable bonds is 4. The Hall–Kier alpha value is -1.16. The van der Waals surface area contributed by atoms with E-state index >= 15 is 0 Å². The summed E-state index contributed by atoms with van der Waals surface area (Å²) in [5, 5.41) is 11.6. The SMILES string of the molecule is CNC(=O)CCSc1ccc(O)cc1. The number of carbonyl (C=O) groups excluding carboxylic acids is 1. The number of hydrogen-bond acceptors (Lipinski definition) is 3. The quantitative estimate of drug-likeness (QED) is 0.744. The molecule has 0 fully saturated rings. The number of thioether (sulfide) groups is 1. The van der Waals surface area contributed by atoms with Crippen LogP contribution in [0.3, 0.4) is 0 Å². The first-order chi connectivity index (χ1) is 6.72. The van der Waals surface area contributed by atoms with Gasteiger partial charge in [0.2, 0.25) is 5.91 Å². The van der Waals surface area contributed by atoms with Gasteiger partial charge in [-0.2, -0.15) is 0 Å². The first kappa shape index (κ1) is 10.9. The normalized spacial score (nSPS) is 9.79. The number of phenols is 1. The van der Waals surface area contributed by atoms with Crippen molar-refractivity contribution in [3.63, 3.8) is 0 Å². The molecular weight excluding hydrogens is 198 g/mol. The molecule has 0 saturated carbocycles. The summed E-state index contributed by atoms with van der Waals surface area (Å²) in [5.74, 6) is 1.07. The number of benzene rings is 1. The van der Waals surface area contributed by atoms with E-state index in [-0.39, 0.29) is 11.7 Å². The number of hydrogen-bond donors (Lipinski definition) is 2. The van der Waals surface area contributed by atoms with Crippen molar-refractivity contribution in [2.75, 3.05) is 12.8 Å². The zero-order valence-electron chi connectivity index (χ0n) is 7.99. The molecule has 0 bridgehead atoms. The predicted molar refractivity (Wildman–Crippen MR) is 57.5 cm³/mol. The van der Waals surface area contributed by atoms with Gasteiger partial charge in [-0.25, -0.2) is 0 Å². The van der Waals surface area contributed by atoms with Gasteiger partial charge in [0.1, 0.15) is 5.75 Å². The number of nitrogens with one attached hydrogen (secondary N) is 1. The molecule has 76 valence electrons. The summed E-state index contributed by atoms with van der Waals surface area (Å²) in [4.78, 5) is 12.0. The number of aromatic hydroxyl groups is 1. The second-order valence-electron chi connectivity index (χ2n) is 2.77. The molecule has 1 amide bonds. The lowest BCUT2D eigenvalue weighted by Gasteiger charge is -2.01. The van der Waals surface area contributed by atoms with E-state index in [0.717, 1.165) is 10.6 Å². The Balaban J connectivity index is 2.31. The molecule has 0 atom stereocenters. The zero-order chi connectivity index (χ0) is 10.4. The van der Waals surface area contributed by atoms with Crippen molar-refractivity contribution in [3.05, 3.63) is 24.3 Å². The van der Waals surface area contributed by atoms with Crippen LogP contribution in [0.1, 0.15) is 6.42 Å².